The molecule has 0 aliphatic rings. The molecule has 4 aromatic rings. The van der Waals surface area contributed by atoms with E-state index in [1.807, 2.05) is 0 Å². The van der Waals surface area contributed by atoms with Crippen molar-refractivity contribution in [2.75, 3.05) is 0 Å². The third-order valence-corrected chi connectivity index (χ3v) is 9.74. The van der Waals surface area contributed by atoms with Crippen molar-refractivity contribution in [3.05, 3.63) is 121 Å². The van der Waals surface area contributed by atoms with Crippen molar-refractivity contribution in [1.82, 2.24) is 0 Å². The van der Waals surface area contributed by atoms with Crippen LogP contribution in [0.1, 0.15) is 0 Å². The molecule has 33 heavy (non-hydrogen) atoms. The summed E-state index contributed by atoms with van der Waals surface area (Å²) < 4.78 is 57.5. The quantitative estimate of drug-likeness (QED) is 0.257. The van der Waals surface area contributed by atoms with Crippen molar-refractivity contribution >= 4 is 38.6 Å². The van der Waals surface area contributed by atoms with Gasteiger partial charge in [-0.15, -0.1) is 0 Å². The molecule has 0 bridgehead atoms. The van der Waals surface area contributed by atoms with E-state index in [0.29, 0.717) is 0 Å². The Labute approximate surface area is 191 Å². The molecule has 0 heterocycles. The van der Waals surface area contributed by atoms with Crippen LogP contribution in [0, 0.1) is 0 Å². The lowest BCUT2D eigenvalue weighted by Gasteiger charge is -2.27. The fourth-order valence-electron chi connectivity index (χ4n) is 3.50. The number of alkyl halides is 3. The molecule has 0 saturated carbocycles. The Bertz CT molecular complexity index is 1090. The van der Waals surface area contributed by atoms with E-state index in [4.69, 9.17) is 13.0 Å². The van der Waals surface area contributed by atoms with Crippen LogP contribution < -0.4 is 21.2 Å². The maximum atomic E-state index is 10.7. The molecule has 4 rings (SSSR count). The minimum atomic E-state index is -5.84. The molecule has 3 nitrogen and oxygen atoms in total. The fraction of sp³-hybridized carbons (Fsp3) is 0.0400. The minimum absolute atomic E-state index is 1.39. The van der Waals surface area contributed by atoms with Gasteiger partial charge in [0.15, 0.2) is 0 Å². The zero-order valence-electron chi connectivity index (χ0n) is 17.3. The van der Waals surface area contributed by atoms with Gasteiger partial charge in [0.2, 0.25) is 0 Å². The van der Waals surface area contributed by atoms with Crippen molar-refractivity contribution in [2.45, 2.75) is 5.51 Å². The second-order valence-corrected chi connectivity index (χ2v) is 11.8. The molecule has 0 aromatic heterocycles. The first kappa shape index (κ1) is 24.6. The lowest BCUT2D eigenvalue weighted by molar-refractivity contribution is -0.0510. The molecule has 8 heteroatoms. The molecular weight excluding hydrogens is 468 g/mol. The van der Waals surface area contributed by atoms with Gasteiger partial charge >= 0.3 is 15.6 Å². The monoisotopic (exact) mass is 489 g/mol. The number of hydrogen-bond donors (Lipinski definition) is 1. The van der Waals surface area contributed by atoms with Crippen molar-refractivity contribution in [3.8, 4) is 0 Å². The van der Waals surface area contributed by atoms with Crippen LogP contribution in [0.4, 0.5) is 13.2 Å². The summed E-state index contributed by atoms with van der Waals surface area (Å²) in [6.45, 7) is 0. The predicted octanol–water partition coefficient (Wildman–Crippen LogP) is 4.70. The Hall–Kier alpha value is -2.99. The van der Waals surface area contributed by atoms with Gasteiger partial charge in [-0.1, -0.05) is 72.8 Å². The maximum Gasteiger partial charge on any atom is 0.522 e. The van der Waals surface area contributed by atoms with E-state index in [-0.39, 0.29) is 0 Å². The molecule has 0 radical (unpaired) electrons. The summed E-state index contributed by atoms with van der Waals surface area (Å²) in [7, 11) is -7.75. The Balaban J connectivity index is 0.000000331. The highest BCUT2D eigenvalue weighted by Gasteiger charge is 2.47. The molecule has 0 fully saturated rings. The van der Waals surface area contributed by atoms with Crippen LogP contribution in [0.2, 0.25) is 0 Å². The van der Waals surface area contributed by atoms with Gasteiger partial charge in [0.1, 0.15) is 28.5 Å². The molecule has 0 aliphatic carbocycles. The van der Waals surface area contributed by atoms with Gasteiger partial charge in [-0.05, 0) is 48.5 Å². The van der Waals surface area contributed by atoms with E-state index in [0.717, 1.165) is 0 Å². The zero-order valence-corrected chi connectivity index (χ0v) is 19.0. The lowest BCUT2D eigenvalue weighted by atomic mass is 10.3. The number of halogens is 3. The highest BCUT2D eigenvalue weighted by Crippen LogP contribution is 2.53. The standard InChI is InChI=1S/C24H20P.CHF3O3S/c1-5-13-21(14-6-1)25(22-15-7-2-8-16-22,23-17-9-3-10-18-23)24-19-11-4-12-20-24;2-1(3,4)8(5,6)7/h1-20H;(H,5,6,7)/q+1;. The normalized spacial score (nSPS) is 11.9. The van der Waals surface area contributed by atoms with Crippen molar-refractivity contribution in [2.24, 2.45) is 0 Å². The lowest BCUT2D eigenvalue weighted by Crippen LogP contribution is -2.38. The number of hydrogen-bond acceptors (Lipinski definition) is 2. The molecular formula is C25H21F3O3PS+. The smallest absolute Gasteiger partial charge is 0.279 e. The van der Waals surface area contributed by atoms with Crippen LogP contribution in [0.3, 0.4) is 0 Å². The van der Waals surface area contributed by atoms with Gasteiger partial charge in [-0.3, -0.25) is 4.55 Å². The van der Waals surface area contributed by atoms with E-state index in [1.165, 1.54) is 21.2 Å². The summed E-state index contributed by atoms with van der Waals surface area (Å²) in [5, 5.41) is 5.55. The van der Waals surface area contributed by atoms with Crippen LogP contribution in [-0.4, -0.2) is 18.5 Å². The van der Waals surface area contributed by atoms with Crippen LogP contribution >= 0.6 is 7.26 Å². The summed E-state index contributed by atoms with van der Waals surface area (Å²) in [5.41, 5.74) is -5.53. The summed E-state index contributed by atoms with van der Waals surface area (Å²) >= 11 is 0. The molecule has 4 aromatic carbocycles. The molecule has 1 N–H and O–H groups in total. The first-order valence-electron chi connectivity index (χ1n) is 9.82. The van der Waals surface area contributed by atoms with Gasteiger partial charge in [0, 0.05) is 0 Å². The predicted molar refractivity (Wildman–Crippen MR) is 129 cm³/mol. The minimum Gasteiger partial charge on any atom is -0.279 e. The molecule has 0 spiro atoms. The Morgan fingerprint density at radius 3 is 0.848 bits per heavy atom. The second-order valence-electron chi connectivity index (χ2n) is 6.93. The van der Waals surface area contributed by atoms with Crippen molar-refractivity contribution in [1.29, 1.82) is 0 Å². The Morgan fingerprint density at radius 1 is 0.515 bits per heavy atom. The van der Waals surface area contributed by atoms with Crippen LogP contribution in [0.25, 0.3) is 0 Å². The zero-order chi connectivity index (χ0) is 24.0. The molecule has 170 valence electrons. The fourth-order valence-corrected chi connectivity index (χ4v) is 7.77. The topological polar surface area (TPSA) is 54.4 Å². The average Bonchev–Trinajstić information content (AvgIpc) is 2.82. The average molecular weight is 489 g/mol. The van der Waals surface area contributed by atoms with E-state index in [9.17, 15) is 13.2 Å². The third-order valence-electron chi connectivity index (χ3n) is 4.87. The largest absolute Gasteiger partial charge is 0.522 e. The van der Waals surface area contributed by atoms with Crippen molar-refractivity contribution in [3.63, 3.8) is 0 Å². The highest BCUT2D eigenvalue weighted by atomic mass is 32.2. The highest BCUT2D eigenvalue weighted by molar-refractivity contribution is 8.01. The van der Waals surface area contributed by atoms with Crippen LogP contribution in [-0.2, 0) is 10.1 Å². The van der Waals surface area contributed by atoms with Gasteiger partial charge in [0.05, 0.1) is 0 Å². The van der Waals surface area contributed by atoms with E-state index in [2.05, 4.69) is 121 Å². The summed E-state index contributed by atoms with van der Waals surface area (Å²) in [6, 6.07) is 43.8. The SMILES string of the molecule is O=S(=O)(O)C(F)(F)F.c1ccc([P+](c2ccccc2)(c2ccccc2)c2ccccc2)cc1. The first-order valence-corrected chi connectivity index (χ1v) is 13.1. The molecule has 0 aliphatic heterocycles. The maximum absolute atomic E-state index is 10.7. The molecule has 0 amide bonds. The van der Waals surface area contributed by atoms with Crippen LogP contribution in [0.5, 0.6) is 0 Å². The summed E-state index contributed by atoms with van der Waals surface area (Å²) in [4.78, 5) is 0. The second kappa shape index (κ2) is 10.3. The van der Waals surface area contributed by atoms with E-state index >= 15 is 0 Å². The van der Waals surface area contributed by atoms with E-state index < -0.39 is 22.9 Å². The molecule has 0 unspecified atom stereocenters. The first-order chi connectivity index (χ1) is 15.7. The van der Waals surface area contributed by atoms with Crippen molar-refractivity contribution < 1.29 is 26.1 Å². The molecule has 0 saturated heterocycles. The Morgan fingerprint density at radius 2 is 0.697 bits per heavy atom. The van der Waals surface area contributed by atoms with E-state index in [1.54, 1.807) is 0 Å². The van der Waals surface area contributed by atoms with Gasteiger partial charge in [0.25, 0.3) is 0 Å². The van der Waals surface area contributed by atoms with Crippen LogP contribution in [0.15, 0.2) is 121 Å². The Kier molecular flexibility index (Phi) is 7.69. The summed E-state index contributed by atoms with van der Waals surface area (Å²) in [5.74, 6) is 0. The molecule has 0 atom stereocenters. The summed E-state index contributed by atoms with van der Waals surface area (Å²) in [6.07, 6.45) is 0. The van der Waals surface area contributed by atoms with Gasteiger partial charge in [-0.2, -0.15) is 21.6 Å². The number of rotatable bonds is 4. The third kappa shape index (κ3) is 5.50. The van der Waals surface area contributed by atoms with Gasteiger partial charge < -0.3 is 0 Å². The van der Waals surface area contributed by atoms with Gasteiger partial charge in [-0.25, -0.2) is 0 Å². The number of benzene rings is 4.